The summed E-state index contributed by atoms with van der Waals surface area (Å²) in [5.74, 6) is -1.61. The second-order valence-corrected chi connectivity index (χ2v) is 9.52. The van der Waals surface area contributed by atoms with E-state index >= 15 is 0 Å². The molecule has 1 aromatic heterocycles. The summed E-state index contributed by atoms with van der Waals surface area (Å²) in [5.41, 5.74) is -1.15. The van der Waals surface area contributed by atoms with Gasteiger partial charge in [0.25, 0.3) is 5.56 Å². The molecule has 7 nitrogen and oxygen atoms in total. The predicted octanol–water partition coefficient (Wildman–Crippen LogP) is 5.01. The minimum absolute atomic E-state index is 0.0724. The Morgan fingerprint density at radius 1 is 1.18 bits per heavy atom. The minimum Gasteiger partial charge on any atom is -0.444 e. The average molecular weight is 492 g/mol. The number of fused-ring (bicyclic) bond motifs is 1. The van der Waals surface area contributed by atoms with Crippen LogP contribution in [0.1, 0.15) is 39.1 Å². The molecule has 1 amide bonds. The number of halogens is 3. The van der Waals surface area contributed by atoms with Crippen molar-refractivity contribution in [1.82, 2.24) is 14.5 Å². The Kier molecular flexibility index (Phi) is 6.35. The van der Waals surface area contributed by atoms with E-state index in [1.165, 1.54) is 18.1 Å². The first-order valence-corrected chi connectivity index (χ1v) is 11.1. The largest absolute Gasteiger partial charge is 0.444 e. The van der Waals surface area contributed by atoms with Gasteiger partial charge in [0.05, 0.1) is 40.3 Å². The maximum Gasteiger partial charge on any atom is 0.411 e. The van der Waals surface area contributed by atoms with E-state index in [1.54, 1.807) is 32.9 Å². The molecule has 1 saturated heterocycles. The number of likely N-dealkylation sites (tertiary alicyclic amines) is 1. The highest BCUT2D eigenvalue weighted by molar-refractivity contribution is 6.35. The van der Waals surface area contributed by atoms with Gasteiger partial charge in [-0.3, -0.25) is 14.3 Å². The van der Waals surface area contributed by atoms with Gasteiger partial charge in [-0.1, -0.05) is 17.7 Å². The van der Waals surface area contributed by atoms with E-state index in [1.807, 2.05) is 0 Å². The third kappa shape index (κ3) is 4.63. The fourth-order valence-corrected chi connectivity index (χ4v) is 4.33. The molecule has 3 aromatic rings. The SMILES string of the molecule is CO[C@H]1C[C@@H](c2nc3cccc(Cl)c3c(=O)n2-c2cc(F)cc(F)c2)N(C(=O)OC(C)(C)C)C1. The number of amides is 1. The van der Waals surface area contributed by atoms with Crippen LogP contribution in [0.3, 0.4) is 0 Å². The summed E-state index contributed by atoms with van der Waals surface area (Å²) in [5, 5.41) is 0.250. The average Bonchev–Trinajstić information content (AvgIpc) is 3.16. The molecule has 0 unspecified atom stereocenters. The molecular formula is C24H24ClF2N3O4. The fraction of sp³-hybridized carbons (Fsp3) is 0.375. The van der Waals surface area contributed by atoms with E-state index in [0.717, 1.165) is 16.7 Å². The van der Waals surface area contributed by atoms with Crippen molar-refractivity contribution in [2.75, 3.05) is 13.7 Å². The number of nitrogens with zero attached hydrogens (tertiary/aromatic N) is 3. The molecule has 4 rings (SSSR count). The highest BCUT2D eigenvalue weighted by Crippen LogP contribution is 2.35. The number of methoxy groups -OCH3 is 1. The molecule has 0 saturated carbocycles. The molecule has 0 aliphatic carbocycles. The minimum atomic E-state index is -0.864. The lowest BCUT2D eigenvalue weighted by Gasteiger charge is -2.29. The molecule has 0 spiro atoms. The highest BCUT2D eigenvalue weighted by atomic mass is 35.5. The molecule has 1 fully saturated rings. The molecule has 0 bridgehead atoms. The molecule has 2 heterocycles. The van der Waals surface area contributed by atoms with Gasteiger partial charge in [-0.25, -0.2) is 18.6 Å². The van der Waals surface area contributed by atoms with Crippen molar-refractivity contribution in [1.29, 1.82) is 0 Å². The van der Waals surface area contributed by atoms with Crippen LogP contribution in [-0.4, -0.2) is 45.9 Å². The van der Waals surface area contributed by atoms with Crippen molar-refractivity contribution in [3.8, 4) is 5.69 Å². The van der Waals surface area contributed by atoms with Gasteiger partial charge in [0.1, 0.15) is 23.1 Å². The number of rotatable bonds is 3. The van der Waals surface area contributed by atoms with Crippen LogP contribution in [0.5, 0.6) is 0 Å². The van der Waals surface area contributed by atoms with Crippen LogP contribution in [0, 0.1) is 11.6 Å². The van der Waals surface area contributed by atoms with E-state index in [-0.39, 0.29) is 34.6 Å². The van der Waals surface area contributed by atoms with Crippen LogP contribution >= 0.6 is 11.6 Å². The van der Waals surface area contributed by atoms with Crippen LogP contribution in [0.2, 0.25) is 5.02 Å². The first kappa shape index (κ1) is 24.1. The maximum atomic E-state index is 14.1. The van der Waals surface area contributed by atoms with Crippen LogP contribution in [0.25, 0.3) is 16.6 Å². The van der Waals surface area contributed by atoms with Crippen molar-refractivity contribution in [3.05, 3.63) is 69.2 Å². The van der Waals surface area contributed by atoms with Crippen molar-refractivity contribution in [2.24, 2.45) is 0 Å². The third-order valence-electron chi connectivity index (χ3n) is 5.50. The lowest BCUT2D eigenvalue weighted by atomic mass is 10.1. The predicted molar refractivity (Wildman–Crippen MR) is 123 cm³/mol. The second-order valence-electron chi connectivity index (χ2n) is 9.11. The van der Waals surface area contributed by atoms with E-state index < -0.39 is 34.9 Å². The first-order chi connectivity index (χ1) is 16.0. The standard InChI is InChI=1S/C24H24ClF2N3O4/c1-24(2,3)34-23(32)29-12-16(33-4)11-19(29)21-28-18-7-5-6-17(25)20(18)22(31)30(21)15-9-13(26)8-14(27)10-15/h5-10,16,19H,11-12H2,1-4H3/t16-,19-/m0/s1. The molecule has 1 aliphatic rings. The number of aromatic nitrogens is 2. The Bertz CT molecular complexity index is 1300. The maximum absolute atomic E-state index is 14.1. The number of carbonyl (C=O) groups excluding carboxylic acids is 1. The van der Waals surface area contributed by atoms with Crippen molar-refractivity contribution in [2.45, 2.75) is 44.9 Å². The molecule has 180 valence electrons. The van der Waals surface area contributed by atoms with Gasteiger partial charge in [0.2, 0.25) is 0 Å². The summed E-state index contributed by atoms with van der Waals surface area (Å²) in [4.78, 5) is 32.8. The molecule has 10 heteroatoms. The number of benzene rings is 2. The normalized spacial score (nSPS) is 18.5. The second kappa shape index (κ2) is 8.96. The van der Waals surface area contributed by atoms with E-state index in [2.05, 4.69) is 4.98 Å². The number of hydrogen-bond donors (Lipinski definition) is 0. The van der Waals surface area contributed by atoms with Crippen molar-refractivity contribution < 1.29 is 23.0 Å². The molecule has 2 aromatic carbocycles. The number of hydrogen-bond acceptors (Lipinski definition) is 5. The highest BCUT2D eigenvalue weighted by Gasteiger charge is 2.41. The lowest BCUT2D eigenvalue weighted by molar-refractivity contribution is 0.0188. The quantitative estimate of drug-likeness (QED) is 0.514. The molecule has 2 atom stereocenters. The third-order valence-corrected chi connectivity index (χ3v) is 5.82. The van der Waals surface area contributed by atoms with Crippen molar-refractivity contribution in [3.63, 3.8) is 0 Å². The zero-order chi connectivity index (χ0) is 24.8. The van der Waals surface area contributed by atoms with E-state index in [9.17, 15) is 18.4 Å². The zero-order valence-electron chi connectivity index (χ0n) is 19.1. The van der Waals surface area contributed by atoms with E-state index in [4.69, 9.17) is 21.1 Å². The smallest absolute Gasteiger partial charge is 0.411 e. The van der Waals surface area contributed by atoms with Gasteiger partial charge in [0.15, 0.2) is 0 Å². The molecule has 0 N–H and O–H groups in total. The van der Waals surface area contributed by atoms with Crippen LogP contribution < -0.4 is 5.56 Å². The van der Waals surface area contributed by atoms with Crippen molar-refractivity contribution >= 4 is 28.6 Å². The topological polar surface area (TPSA) is 73.7 Å². The van der Waals surface area contributed by atoms with Crippen LogP contribution in [0.15, 0.2) is 41.2 Å². The number of ether oxygens (including phenoxy) is 2. The van der Waals surface area contributed by atoms with Crippen LogP contribution in [-0.2, 0) is 9.47 Å². The Hall–Kier alpha value is -3.04. The molecular weight excluding hydrogens is 468 g/mol. The zero-order valence-corrected chi connectivity index (χ0v) is 19.9. The number of carbonyl (C=O) groups is 1. The van der Waals surface area contributed by atoms with E-state index in [0.29, 0.717) is 18.0 Å². The lowest BCUT2D eigenvalue weighted by Crippen LogP contribution is -2.39. The Labute approximate surface area is 199 Å². The van der Waals surface area contributed by atoms with Gasteiger partial charge in [-0.2, -0.15) is 0 Å². The van der Waals surface area contributed by atoms with Gasteiger partial charge in [-0.15, -0.1) is 0 Å². The Morgan fingerprint density at radius 3 is 2.47 bits per heavy atom. The fourth-order valence-electron chi connectivity index (χ4n) is 4.08. The first-order valence-electron chi connectivity index (χ1n) is 10.7. The van der Waals surface area contributed by atoms with Gasteiger partial charge >= 0.3 is 6.09 Å². The van der Waals surface area contributed by atoms with Crippen LogP contribution in [0.4, 0.5) is 13.6 Å². The Morgan fingerprint density at radius 2 is 1.85 bits per heavy atom. The summed E-state index contributed by atoms with van der Waals surface area (Å²) in [6.07, 6.45) is -0.678. The summed E-state index contributed by atoms with van der Waals surface area (Å²) in [7, 11) is 1.52. The molecule has 0 radical (unpaired) electrons. The van der Waals surface area contributed by atoms with Gasteiger partial charge in [-0.05, 0) is 45.0 Å². The molecule has 1 aliphatic heterocycles. The molecule has 34 heavy (non-hydrogen) atoms. The Balaban J connectivity index is 1.98. The summed E-state index contributed by atoms with van der Waals surface area (Å²) in [6, 6.07) is 6.79. The summed E-state index contributed by atoms with van der Waals surface area (Å²) < 4.78 is 40.4. The summed E-state index contributed by atoms with van der Waals surface area (Å²) >= 11 is 6.29. The summed E-state index contributed by atoms with van der Waals surface area (Å²) in [6.45, 7) is 5.42. The van der Waals surface area contributed by atoms with Gasteiger partial charge in [0, 0.05) is 19.6 Å². The monoisotopic (exact) mass is 491 g/mol. The van der Waals surface area contributed by atoms with Gasteiger partial charge < -0.3 is 9.47 Å².